The Morgan fingerprint density at radius 2 is 1.75 bits per heavy atom. The molecule has 0 aliphatic carbocycles. The zero-order valence-electron chi connectivity index (χ0n) is 12.0. The number of urea groups is 1. The molecule has 3 amide bonds. The molecule has 2 atom stereocenters. The molecule has 116 valence electrons. The van der Waals surface area contributed by atoms with E-state index < -0.39 is 24.1 Å². The first-order chi connectivity index (χ1) is 9.33. The third-order valence-electron chi connectivity index (χ3n) is 2.78. The summed E-state index contributed by atoms with van der Waals surface area (Å²) in [6.45, 7) is 6.30. The number of nitrogens with zero attached hydrogens (tertiary/aromatic N) is 1. The highest BCUT2D eigenvalue weighted by Crippen LogP contribution is 1.94. The molecule has 8 heteroatoms. The molecule has 0 saturated heterocycles. The first-order valence-electron chi connectivity index (χ1n) is 6.56. The zero-order valence-corrected chi connectivity index (χ0v) is 12.0. The van der Waals surface area contributed by atoms with E-state index in [2.05, 4.69) is 10.6 Å². The fourth-order valence-corrected chi connectivity index (χ4v) is 1.60. The van der Waals surface area contributed by atoms with Crippen molar-refractivity contribution in [2.45, 2.75) is 39.3 Å². The molecule has 0 spiro atoms. The van der Waals surface area contributed by atoms with Crippen molar-refractivity contribution >= 4 is 17.9 Å². The van der Waals surface area contributed by atoms with E-state index in [0.717, 1.165) is 0 Å². The summed E-state index contributed by atoms with van der Waals surface area (Å²) in [5.74, 6) is -1.41. The summed E-state index contributed by atoms with van der Waals surface area (Å²) in [6.07, 6.45) is -1.07. The molecule has 0 rings (SSSR count). The van der Waals surface area contributed by atoms with Gasteiger partial charge in [0.2, 0.25) is 5.91 Å². The molecule has 0 aromatic carbocycles. The smallest absolute Gasteiger partial charge is 0.328 e. The number of aliphatic hydroxyl groups excluding tert-OH is 1. The maximum atomic E-state index is 11.6. The number of hydrogen-bond acceptors (Lipinski definition) is 4. The first-order valence-corrected chi connectivity index (χ1v) is 6.56. The van der Waals surface area contributed by atoms with Crippen LogP contribution in [0.1, 0.15) is 27.2 Å². The van der Waals surface area contributed by atoms with Gasteiger partial charge < -0.3 is 25.7 Å². The Labute approximate surface area is 118 Å². The van der Waals surface area contributed by atoms with Crippen molar-refractivity contribution < 1.29 is 24.6 Å². The number of rotatable bonds is 8. The Balaban J connectivity index is 4.11. The highest BCUT2D eigenvalue weighted by atomic mass is 16.4. The number of carboxylic acids is 1. The Hall–Kier alpha value is -1.83. The van der Waals surface area contributed by atoms with Crippen molar-refractivity contribution in [2.75, 3.05) is 19.6 Å². The number of aliphatic hydroxyl groups is 1. The van der Waals surface area contributed by atoms with E-state index in [1.807, 2.05) is 13.8 Å². The topological polar surface area (TPSA) is 119 Å². The van der Waals surface area contributed by atoms with Crippen LogP contribution in [0.2, 0.25) is 0 Å². The van der Waals surface area contributed by atoms with Gasteiger partial charge in [-0.25, -0.2) is 9.59 Å². The van der Waals surface area contributed by atoms with Gasteiger partial charge in [0.05, 0.1) is 6.10 Å². The van der Waals surface area contributed by atoms with Gasteiger partial charge in [0.25, 0.3) is 0 Å². The number of carbonyl (C=O) groups is 3. The normalized spacial score (nSPS) is 13.2. The van der Waals surface area contributed by atoms with Crippen molar-refractivity contribution in [1.82, 2.24) is 15.5 Å². The van der Waals surface area contributed by atoms with E-state index in [9.17, 15) is 19.5 Å². The molecule has 0 radical (unpaired) electrons. The molecule has 0 saturated carbocycles. The second-order valence-electron chi connectivity index (χ2n) is 4.27. The minimum atomic E-state index is -1.38. The van der Waals surface area contributed by atoms with E-state index >= 15 is 0 Å². The fraction of sp³-hybridized carbons (Fsp3) is 0.750. The summed E-state index contributed by atoms with van der Waals surface area (Å²) in [7, 11) is 0. The Morgan fingerprint density at radius 1 is 1.20 bits per heavy atom. The Bertz CT molecular complexity index is 342. The van der Waals surface area contributed by atoms with Gasteiger partial charge in [0, 0.05) is 26.1 Å². The van der Waals surface area contributed by atoms with Gasteiger partial charge >= 0.3 is 12.0 Å². The van der Waals surface area contributed by atoms with Crippen LogP contribution in [0.25, 0.3) is 0 Å². The van der Waals surface area contributed by atoms with Crippen LogP contribution < -0.4 is 10.6 Å². The average Bonchev–Trinajstić information content (AvgIpc) is 2.36. The molecule has 0 aromatic rings. The molecule has 0 fully saturated rings. The molecule has 0 aliphatic heterocycles. The zero-order chi connectivity index (χ0) is 15.7. The van der Waals surface area contributed by atoms with E-state index in [4.69, 9.17) is 5.11 Å². The number of amides is 3. The fourth-order valence-electron chi connectivity index (χ4n) is 1.60. The van der Waals surface area contributed by atoms with Gasteiger partial charge in [-0.2, -0.15) is 0 Å². The molecular formula is C12H23N3O5. The number of carboxylic acid groups (broad SMARTS) is 1. The van der Waals surface area contributed by atoms with Gasteiger partial charge in [-0.3, -0.25) is 4.79 Å². The summed E-state index contributed by atoms with van der Waals surface area (Å²) < 4.78 is 0. The third-order valence-corrected chi connectivity index (χ3v) is 2.78. The van der Waals surface area contributed by atoms with Crippen molar-refractivity contribution in [3.8, 4) is 0 Å². The van der Waals surface area contributed by atoms with Crippen molar-refractivity contribution in [3.63, 3.8) is 0 Å². The highest BCUT2D eigenvalue weighted by molar-refractivity contribution is 5.83. The summed E-state index contributed by atoms with van der Waals surface area (Å²) in [4.78, 5) is 35.5. The van der Waals surface area contributed by atoms with Crippen LogP contribution in [-0.4, -0.2) is 64.8 Å². The summed E-state index contributed by atoms with van der Waals surface area (Å²) in [6, 6.07) is -2.11. The first kappa shape index (κ1) is 18.2. The van der Waals surface area contributed by atoms with Crippen LogP contribution in [-0.2, 0) is 9.59 Å². The van der Waals surface area contributed by atoms with E-state index in [0.29, 0.717) is 13.1 Å². The van der Waals surface area contributed by atoms with Crippen molar-refractivity contribution in [1.29, 1.82) is 0 Å². The number of nitrogens with one attached hydrogen (secondary N) is 2. The van der Waals surface area contributed by atoms with Crippen LogP contribution in [0, 0.1) is 0 Å². The van der Waals surface area contributed by atoms with Gasteiger partial charge in [0.1, 0.15) is 0 Å². The van der Waals surface area contributed by atoms with Gasteiger partial charge in [0.15, 0.2) is 6.04 Å². The molecular weight excluding hydrogens is 266 g/mol. The lowest BCUT2D eigenvalue weighted by Gasteiger charge is -2.19. The van der Waals surface area contributed by atoms with E-state index in [-0.39, 0.29) is 18.9 Å². The van der Waals surface area contributed by atoms with Crippen LogP contribution in [0.5, 0.6) is 0 Å². The average molecular weight is 289 g/mol. The Kier molecular flexibility index (Phi) is 8.30. The lowest BCUT2D eigenvalue weighted by atomic mass is 10.2. The molecule has 8 nitrogen and oxygen atoms in total. The lowest BCUT2D eigenvalue weighted by molar-refractivity contribution is -0.141. The van der Waals surface area contributed by atoms with Crippen molar-refractivity contribution in [3.05, 3.63) is 0 Å². The molecule has 0 bridgehead atoms. The minimum Gasteiger partial charge on any atom is -0.480 e. The standard InChI is InChI=1S/C12H23N3O5/c1-4-15(5-2)9(17)6-7-13-12(20)14-10(8(3)16)11(18)19/h8,10,16H,4-7H2,1-3H3,(H,18,19)(H2,13,14,20). The van der Waals surface area contributed by atoms with Crippen molar-refractivity contribution in [2.24, 2.45) is 0 Å². The Morgan fingerprint density at radius 3 is 2.15 bits per heavy atom. The number of carbonyl (C=O) groups excluding carboxylic acids is 2. The van der Waals surface area contributed by atoms with Crippen LogP contribution in [0.15, 0.2) is 0 Å². The lowest BCUT2D eigenvalue weighted by Crippen LogP contribution is -2.51. The SMILES string of the molecule is CCN(CC)C(=O)CCNC(=O)NC(C(=O)O)C(C)O. The number of hydrogen-bond donors (Lipinski definition) is 4. The number of aliphatic carboxylic acids is 1. The quantitative estimate of drug-likeness (QED) is 0.475. The second-order valence-corrected chi connectivity index (χ2v) is 4.27. The largest absolute Gasteiger partial charge is 0.480 e. The summed E-state index contributed by atoms with van der Waals surface area (Å²) in [5, 5.41) is 22.5. The van der Waals surface area contributed by atoms with Crippen LogP contribution >= 0.6 is 0 Å². The van der Waals surface area contributed by atoms with Gasteiger partial charge in [-0.05, 0) is 20.8 Å². The molecule has 0 aromatic heterocycles. The van der Waals surface area contributed by atoms with Gasteiger partial charge in [-0.1, -0.05) is 0 Å². The van der Waals surface area contributed by atoms with Crippen LogP contribution in [0.3, 0.4) is 0 Å². The summed E-state index contributed by atoms with van der Waals surface area (Å²) in [5.41, 5.74) is 0. The third kappa shape index (κ3) is 6.37. The molecule has 20 heavy (non-hydrogen) atoms. The molecule has 2 unspecified atom stereocenters. The van der Waals surface area contributed by atoms with E-state index in [1.165, 1.54) is 6.92 Å². The molecule has 0 heterocycles. The van der Waals surface area contributed by atoms with Gasteiger partial charge in [-0.15, -0.1) is 0 Å². The monoisotopic (exact) mass is 289 g/mol. The maximum absolute atomic E-state index is 11.6. The maximum Gasteiger partial charge on any atom is 0.328 e. The van der Waals surface area contributed by atoms with Crippen LogP contribution in [0.4, 0.5) is 4.79 Å². The van der Waals surface area contributed by atoms with E-state index in [1.54, 1.807) is 4.90 Å². The summed E-state index contributed by atoms with van der Waals surface area (Å²) >= 11 is 0. The molecule has 0 aliphatic rings. The minimum absolute atomic E-state index is 0.0828. The second kappa shape index (κ2) is 9.13. The molecule has 4 N–H and O–H groups in total. The highest BCUT2D eigenvalue weighted by Gasteiger charge is 2.24. The predicted octanol–water partition coefficient (Wildman–Crippen LogP) is -0.622. The predicted molar refractivity (Wildman–Crippen MR) is 72.2 cm³/mol.